The van der Waals surface area contributed by atoms with Crippen LogP contribution in [-0.4, -0.2) is 29.2 Å². The molecule has 0 aliphatic heterocycles. The number of H-pyrrole nitrogens is 1. The van der Waals surface area contributed by atoms with Crippen molar-refractivity contribution < 1.29 is 9.47 Å². The van der Waals surface area contributed by atoms with E-state index in [0.717, 1.165) is 39.0 Å². The number of rotatable bonds is 4. The molecule has 0 fully saturated rings. The summed E-state index contributed by atoms with van der Waals surface area (Å²) in [4.78, 5) is 12.1. The van der Waals surface area contributed by atoms with E-state index in [-0.39, 0.29) is 0 Å². The Morgan fingerprint density at radius 3 is 2.44 bits per heavy atom. The van der Waals surface area contributed by atoms with Gasteiger partial charge in [-0.15, -0.1) is 0 Å². The maximum absolute atomic E-state index is 5.50. The van der Waals surface area contributed by atoms with E-state index in [0.29, 0.717) is 5.88 Å². The Labute approximate surface area is 145 Å². The molecule has 0 bridgehead atoms. The molecule has 0 unspecified atom stereocenters. The molecule has 25 heavy (non-hydrogen) atoms. The topological polar surface area (TPSA) is 60.0 Å². The Morgan fingerprint density at radius 1 is 0.840 bits per heavy atom. The number of pyridine rings is 2. The van der Waals surface area contributed by atoms with Crippen LogP contribution in [0.4, 0.5) is 0 Å². The molecule has 0 saturated heterocycles. The summed E-state index contributed by atoms with van der Waals surface area (Å²) in [7, 11) is 3.29. The SMILES string of the molecule is COc1ccc(-c2cnc3[nH]cc(-c4ccccc4OC)c3c2)cn1. The van der Waals surface area contributed by atoms with Crippen LogP contribution in [0, 0.1) is 0 Å². The number of aromatic nitrogens is 3. The molecule has 3 aromatic heterocycles. The van der Waals surface area contributed by atoms with E-state index in [2.05, 4.69) is 21.0 Å². The van der Waals surface area contributed by atoms with Crippen LogP contribution in [0.1, 0.15) is 0 Å². The molecule has 0 amide bonds. The minimum Gasteiger partial charge on any atom is -0.496 e. The number of aromatic amines is 1. The van der Waals surface area contributed by atoms with E-state index in [4.69, 9.17) is 9.47 Å². The van der Waals surface area contributed by atoms with Gasteiger partial charge in [0, 0.05) is 52.3 Å². The lowest BCUT2D eigenvalue weighted by Gasteiger charge is -2.08. The van der Waals surface area contributed by atoms with E-state index in [1.165, 1.54) is 0 Å². The second-order valence-electron chi connectivity index (χ2n) is 5.61. The average Bonchev–Trinajstić information content (AvgIpc) is 3.11. The zero-order valence-electron chi connectivity index (χ0n) is 14.0. The van der Waals surface area contributed by atoms with Crippen molar-refractivity contribution in [2.75, 3.05) is 14.2 Å². The zero-order chi connectivity index (χ0) is 17.2. The van der Waals surface area contributed by atoms with Crippen molar-refractivity contribution >= 4 is 11.0 Å². The molecular formula is C20H17N3O2. The van der Waals surface area contributed by atoms with Crippen LogP contribution in [0.5, 0.6) is 11.6 Å². The highest BCUT2D eigenvalue weighted by atomic mass is 16.5. The first-order valence-corrected chi connectivity index (χ1v) is 7.91. The smallest absolute Gasteiger partial charge is 0.212 e. The van der Waals surface area contributed by atoms with Gasteiger partial charge in [0.25, 0.3) is 0 Å². The Morgan fingerprint density at radius 2 is 1.68 bits per heavy atom. The summed E-state index contributed by atoms with van der Waals surface area (Å²) in [6.45, 7) is 0. The molecule has 4 aromatic rings. The molecule has 0 atom stereocenters. The third-order valence-corrected chi connectivity index (χ3v) is 4.21. The van der Waals surface area contributed by atoms with Gasteiger partial charge in [-0.1, -0.05) is 18.2 Å². The van der Waals surface area contributed by atoms with Crippen molar-refractivity contribution in [1.82, 2.24) is 15.0 Å². The van der Waals surface area contributed by atoms with Crippen molar-refractivity contribution in [1.29, 1.82) is 0 Å². The predicted octanol–water partition coefficient (Wildman–Crippen LogP) is 4.31. The number of hydrogen-bond acceptors (Lipinski definition) is 4. The van der Waals surface area contributed by atoms with Gasteiger partial charge in [-0.3, -0.25) is 0 Å². The number of ether oxygens (including phenoxy) is 2. The fourth-order valence-corrected chi connectivity index (χ4v) is 2.92. The van der Waals surface area contributed by atoms with Gasteiger partial charge in [-0.05, 0) is 18.2 Å². The van der Waals surface area contributed by atoms with Gasteiger partial charge in [0.1, 0.15) is 11.4 Å². The molecule has 5 heteroatoms. The minimum absolute atomic E-state index is 0.592. The third-order valence-electron chi connectivity index (χ3n) is 4.21. The molecule has 0 radical (unpaired) electrons. The van der Waals surface area contributed by atoms with Crippen LogP contribution in [0.3, 0.4) is 0 Å². The van der Waals surface area contributed by atoms with E-state index in [1.807, 2.05) is 48.8 Å². The lowest BCUT2D eigenvalue weighted by Crippen LogP contribution is -1.89. The maximum Gasteiger partial charge on any atom is 0.212 e. The quantitative estimate of drug-likeness (QED) is 0.605. The molecular weight excluding hydrogens is 314 g/mol. The highest BCUT2D eigenvalue weighted by molar-refractivity contribution is 5.97. The summed E-state index contributed by atoms with van der Waals surface area (Å²) in [5.41, 5.74) is 4.92. The zero-order valence-corrected chi connectivity index (χ0v) is 14.0. The molecule has 1 aromatic carbocycles. The number of nitrogens with one attached hydrogen (secondary N) is 1. The largest absolute Gasteiger partial charge is 0.496 e. The van der Waals surface area contributed by atoms with Crippen LogP contribution in [0.2, 0.25) is 0 Å². The molecule has 124 valence electrons. The summed E-state index contributed by atoms with van der Waals surface area (Å²) in [6.07, 6.45) is 5.59. The van der Waals surface area contributed by atoms with Gasteiger partial charge in [-0.2, -0.15) is 0 Å². The van der Waals surface area contributed by atoms with Gasteiger partial charge >= 0.3 is 0 Å². The number of hydrogen-bond donors (Lipinski definition) is 1. The standard InChI is InChI=1S/C20H17N3O2/c1-24-18-6-4-3-5-15(18)17-12-23-20-16(17)9-14(11-22-20)13-7-8-19(25-2)21-10-13/h3-12H,1-2H3,(H,22,23). The van der Waals surface area contributed by atoms with E-state index >= 15 is 0 Å². The van der Waals surface area contributed by atoms with Crippen molar-refractivity contribution in [3.05, 3.63) is 61.1 Å². The highest BCUT2D eigenvalue weighted by Crippen LogP contribution is 2.35. The second kappa shape index (κ2) is 6.28. The van der Waals surface area contributed by atoms with Gasteiger partial charge < -0.3 is 14.5 Å². The first-order valence-electron chi connectivity index (χ1n) is 7.91. The maximum atomic E-state index is 5.50. The van der Waals surface area contributed by atoms with Crippen molar-refractivity contribution in [3.63, 3.8) is 0 Å². The van der Waals surface area contributed by atoms with Crippen LogP contribution in [-0.2, 0) is 0 Å². The van der Waals surface area contributed by atoms with E-state index in [9.17, 15) is 0 Å². The fourth-order valence-electron chi connectivity index (χ4n) is 2.92. The normalized spacial score (nSPS) is 10.8. The van der Waals surface area contributed by atoms with Gasteiger partial charge in [0.2, 0.25) is 5.88 Å². The molecule has 0 aliphatic carbocycles. The summed E-state index contributed by atoms with van der Waals surface area (Å²) >= 11 is 0. The predicted molar refractivity (Wildman–Crippen MR) is 97.9 cm³/mol. The van der Waals surface area contributed by atoms with Crippen LogP contribution in [0.15, 0.2) is 61.1 Å². The van der Waals surface area contributed by atoms with Crippen LogP contribution < -0.4 is 9.47 Å². The molecule has 1 N–H and O–H groups in total. The van der Waals surface area contributed by atoms with E-state index in [1.54, 1.807) is 20.4 Å². The number of fused-ring (bicyclic) bond motifs is 1. The molecule has 5 nitrogen and oxygen atoms in total. The lowest BCUT2D eigenvalue weighted by atomic mass is 10.0. The third kappa shape index (κ3) is 2.70. The first-order chi connectivity index (χ1) is 12.3. The van der Waals surface area contributed by atoms with Crippen LogP contribution in [0.25, 0.3) is 33.3 Å². The number of benzene rings is 1. The van der Waals surface area contributed by atoms with Gasteiger partial charge in [-0.25, -0.2) is 9.97 Å². The van der Waals surface area contributed by atoms with Crippen molar-refractivity contribution in [2.45, 2.75) is 0 Å². The highest BCUT2D eigenvalue weighted by Gasteiger charge is 2.12. The minimum atomic E-state index is 0.592. The van der Waals surface area contributed by atoms with Crippen molar-refractivity contribution in [3.8, 4) is 33.9 Å². The van der Waals surface area contributed by atoms with E-state index < -0.39 is 0 Å². The Bertz CT molecular complexity index is 1020. The fraction of sp³-hybridized carbons (Fsp3) is 0.100. The molecule has 0 saturated carbocycles. The van der Waals surface area contributed by atoms with Crippen LogP contribution >= 0.6 is 0 Å². The Balaban J connectivity index is 1.85. The van der Waals surface area contributed by atoms with Gasteiger partial charge in [0.05, 0.1) is 14.2 Å². The van der Waals surface area contributed by atoms with Gasteiger partial charge in [0.15, 0.2) is 0 Å². The Kier molecular flexibility index (Phi) is 3.82. The molecule has 4 rings (SSSR count). The first kappa shape index (κ1) is 15.2. The Hall–Kier alpha value is -3.34. The monoisotopic (exact) mass is 331 g/mol. The number of para-hydroxylation sites is 1. The summed E-state index contributed by atoms with van der Waals surface area (Å²) in [5.74, 6) is 1.43. The summed E-state index contributed by atoms with van der Waals surface area (Å²) in [6, 6.07) is 13.9. The molecule has 0 spiro atoms. The number of nitrogens with zero attached hydrogens (tertiary/aromatic N) is 2. The second-order valence-corrected chi connectivity index (χ2v) is 5.61. The number of methoxy groups -OCH3 is 2. The average molecular weight is 331 g/mol. The molecule has 0 aliphatic rings. The van der Waals surface area contributed by atoms with Crippen molar-refractivity contribution in [2.24, 2.45) is 0 Å². The summed E-state index contributed by atoms with van der Waals surface area (Å²) in [5, 5.41) is 1.04. The lowest BCUT2D eigenvalue weighted by molar-refractivity contribution is 0.398. The summed E-state index contributed by atoms with van der Waals surface area (Å²) < 4.78 is 10.6. The molecule has 3 heterocycles.